The first-order chi connectivity index (χ1) is 7.40. The molecule has 0 aromatic heterocycles. The minimum Gasteiger partial charge on any atom is -0.378 e. The molecule has 15 heavy (non-hydrogen) atoms. The van der Waals surface area contributed by atoms with Crippen molar-refractivity contribution in [3.8, 4) is 0 Å². The van der Waals surface area contributed by atoms with E-state index in [1.165, 1.54) is 51.9 Å². The Hall–Kier alpha value is -0.120. The van der Waals surface area contributed by atoms with Gasteiger partial charge in [0.1, 0.15) is 0 Å². The molecule has 0 aliphatic carbocycles. The summed E-state index contributed by atoms with van der Waals surface area (Å²) in [6.45, 7) is 8.08. The molecule has 88 valence electrons. The Morgan fingerprint density at radius 1 is 1.40 bits per heavy atom. The first-order valence-corrected chi connectivity index (χ1v) is 6.46. The van der Waals surface area contributed by atoms with Crippen LogP contribution >= 0.6 is 0 Å². The van der Waals surface area contributed by atoms with Gasteiger partial charge in [0.25, 0.3) is 0 Å². The van der Waals surface area contributed by atoms with Gasteiger partial charge in [0.05, 0.1) is 6.10 Å². The van der Waals surface area contributed by atoms with Crippen LogP contribution in [0.4, 0.5) is 0 Å². The van der Waals surface area contributed by atoms with E-state index in [9.17, 15) is 0 Å². The number of nitrogens with one attached hydrogen (secondary N) is 1. The highest BCUT2D eigenvalue weighted by Gasteiger charge is 2.23. The van der Waals surface area contributed by atoms with Gasteiger partial charge < -0.3 is 10.1 Å². The molecule has 0 amide bonds. The third-order valence-corrected chi connectivity index (χ3v) is 3.68. The second-order valence-corrected chi connectivity index (χ2v) is 4.72. The number of rotatable bonds is 6. The van der Waals surface area contributed by atoms with Gasteiger partial charge in [-0.15, -0.1) is 0 Å². The van der Waals surface area contributed by atoms with Gasteiger partial charge in [-0.05, 0) is 38.8 Å². The van der Waals surface area contributed by atoms with Gasteiger partial charge in [0.15, 0.2) is 0 Å². The largest absolute Gasteiger partial charge is 0.378 e. The lowest BCUT2D eigenvalue weighted by atomic mass is 10.1. The molecule has 2 fully saturated rings. The quantitative estimate of drug-likeness (QED) is 0.717. The predicted molar refractivity (Wildman–Crippen MR) is 62.1 cm³/mol. The van der Waals surface area contributed by atoms with Crippen LogP contribution in [-0.4, -0.2) is 49.8 Å². The minimum atomic E-state index is 0.572. The Balaban J connectivity index is 1.58. The summed E-state index contributed by atoms with van der Waals surface area (Å²) in [5.74, 6) is 0. The molecule has 0 radical (unpaired) electrons. The Morgan fingerprint density at radius 3 is 2.80 bits per heavy atom. The van der Waals surface area contributed by atoms with Crippen LogP contribution < -0.4 is 5.32 Å². The maximum atomic E-state index is 5.64. The lowest BCUT2D eigenvalue weighted by molar-refractivity contribution is 0.0923. The fraction of sp³-hybridized carbons (Fsp3) is 1.00. The monoisotopic (exact) mass is 212 g/mol. The third kappa shape index (κ3) is 3.16. The zero-order valence-electron chi connectivity index (χ0n) is 9.87. The van der Waals surface area contributed by atoms with E-state index in [0.29, 0.717) is 6.10 Å². The average Bonchev–Trinajstić information content (AvgIpc) is 2.66. The molecule has 0 bridgehead atoms. The lowest BCUT2D eigenvalue weighted by Gasteiger charge is -2.37. The van der Waals surface area contributed by atoms with Crippen molar-refractivity contribution >= 4 is 0 Å². The molecular formula is C12H24N2O. The van der Waals surface area contributed by atoms with Crippen LogP contribution in [0, 0.1) is 0 Å². The van der Waals surface area contributed by atoms with Crippen LogP contribution in [0.5, 0.6) is 0 Å². The molecule has 1 unspecified atom stereocenters. The summed E-state index contributed by atoms with van der Waals surface area (Å²) in [7, 11) is 0. The molecule has 2 aliphatic rings. The number of nitrogens with zero attached hydrogens (tertiary/aromatic N) is 1. The van der Waals surface area contributed by atoms with Crippen molar-refractivity contribution in [2.24, 2.45) is 0 Å². The molecule has 0 spiro atoms. The van der Waals surface area contributed by atoms with E-state index in [-0.39, 0.29) is 0 Å². The molecule has 3 nitrogen and oxygen atoms in total. The van der Waals surface area contributed by atoms with Gasteiger partial charge in [-0.2, -0.15) is 0 Å². The SMILES string of the molecule is CCN(CCCC1CCCO1)C1CNC1. The van der Waals surface area contributed by atoms with Gasteiger partial charge in [0.2, 0.25) is 0 Å². The zero-order valence-corrected chi connectivity index (χ0v) is 9.87. The van der Waals surface area contributed by atoms with Crippen molar-refractivity contribution in [1.82, 2.24) is 10.2 Å². The van der Waals surface area contributed by atoms with Crippen molar-refractivity contribution in [2.45, 2.75) is 44.8 Å². The average molecular weight is 212 g/mol. The normalized spacial score (nSPS) is 27.2. The molecule has 2 aliphatic heterocycles. The summed E-state index contributed by atoms with van der Waals surface area (Å²) in [5.41, 5.74) is 0. The highest BCUT2D eigenvalue weighted by atomic mass is 16.5. The predicted octanol–water partition coefficient (Wildman–Crippen LogP) is 1.24. The van der Waals surface area contributed by atoms with Crippen molar-refractivity contribution in [2.75, 3.05) is 32.8 Å². The van der Waals surface area contributed by atoms with Crippen LogP contribution in [0.3, 0.4) is 0 Å². The zero-order chi connectivity index (χ0) is 10.5. The van der Waals surface area contributed by atoms with Gasteiger partial charge in [-0.1, -0.05) is 6.92 Å². The lowest BCUT2D eigenvalue weighted by Crippen LogP contribution is -2.57. The van der Waals surface area contributed by atoms with Gasteiger partial charge >= 0.3 is 0 Å². The van der Waals surface area contributed by atoms with E-state index >= 15 is 0 Å². The Bertz CT molecular complexity index is 176. The third-order valence-electron chi connectivity index (χ3n) is 3.68. The van der Waals surface area contributed by atoms with Crippen LogP contribution in [-0.2, 0) is 4.74 Å². The van der Waals surface area contributed by atoms with E-state index in [1.54, 1.807) is 0 Å². The summed E-state index contributed by atoms with van der Waals surface area (Å²) < 4.78 is 5.64. The van der Waals surface area contributed by atoms with Crippen molar-refractivity contribution in [3.05, 3.63) is 0 Å². The van der Waals surface area contributed by atoms with Crippen molar-refractivity contribution < 1.29 is 4.74 Å². The molecular weight excluding hydrogens is 188 g/mol. The van der Waals surface area contributed by atoms with Crippen molar-refractivity contribution in [1.29, 1.82) is 0 Å². The molecule has 0 saturated carbocycles. The molecule has 1 N–H and O–H groups in total. The van der Waals surface area contributed by atoms with Crippen molar-refractivity contribution in [3.63, 3.8) is 0 Å². The number of hydrogen-bond acceptors (Lipinski definition) is 3. The smallest absolute Gasteiger partial charge is 0.0576 e. The number of likely N-dealkylation sites (N-methyl/N-ethyl adjacent to an activating group) is 1. The van der Waals surface area contributed by atoms with Gasteiger partial charge in [0, 0.05) is 25.7 Å². The van der Waals surface area contributed by atoms with E-state index in [1.807, 2.05) is 0 Å². The van der Waals surface area contributed by atoms with Crippen LogP contribution in [0.25, 0.3) is 0 Å². The maximum absolute atomic E-state index is 5.64. The number of hydrogen-bond donors (Lipinski definition) is 1. The Kier molecular flexibility index (Phi) is 4.42. The fourth-order valence-electron chi connectivity index (χ4n) is 2.52. The standard InChI is InChI=1S/C12H24N2O/c1-2-14(11-9-13-10-11)7-3-5-12-6-4-8-15-12/h11-13H,2-10H2,1H3. The summed E-state index contributed by atoms with van der Waals surface area (Å²) >= 11 is 0. The molecule has 2 rings (SSSR count). The highest BCUT2D eigenvalue weighted by Crippen LogP contribution is 2.17. The molecule has 0 aromatic rings. The number of ether oxygens (including phenoxy) is 1. The van der Waals surface area contributed by atoms with E-state index in [4.69, 9.17) is 4.74 Å². The summed E-state index contributed by atoms with van der Waals surface area (Å²) in [4.78, 5) is 2.60. The summed E-state index contributed by atoms with van der Waals surface area (Å²) in [6, 6.07) is 0.805. The fourth-order valence-corrected chi connectivity index (χ4v) is 2.52. The Labute approximate surface area is 93.2 Å². The van der Waals surface area contributed by atoms with E-state index < -0.39 is 0 Å². The maximum Gasteiger partial charge on any atom is 0.0576 e. The first-order valence-electron chi connectivity index (χ1n) is 6.46. The van der Waals surface area contributed by atoms with E-state index in [2.05, 4.69) is 17.1 Å². The second-order valence-electron chi connectivity index (χ2n) is 4.72. The summed E-state index contributed by atoms with van der Waals surface area (Å²) in [6.07, 6.45) is 5.69. The van der Waals surface area contributed by atoms with Gasteiger partial charge in [-0.25, -0.2) is 0 Å². The highest BCUT2D eigenvalue weighted by molar-refractivity contribution is 4.84. The minimum absolute atomic E-state index is 0.572. The van der Waals surface area contributed by atoms with Crippen LogP contribution in [0.2, 0.25) is 0 Å². The molecule has 1 atom stereocenters. The van der Waals surface area contributed by atoms with E-state index in [0.717, 1.165) is 12.6 Å². The molecule has 2 heterocycles. The molecule has 2 saturated heterocycles. The Morgan fingerprint density at radius 2 is 2.27 bits per heavy atom. The van der Waals surface area contributed by atoms with Crippen LogP contribution in [0.15, 0.2) is 0 Å². The second kappa shape index (κ2) is 5.83. The van der Waals surface area contributed by atoms with Crippen LogP contribution in [0.1, 0.15) is 32.6 Å². The summed E-state index contributed by atoms with van der Waals surface area (Å²) in [5, 5.41) is 3.34. The first kappa shape index (κ1) is 11.4. The van der Waals surface area contributed by atoms with Gasteiger partial charge in [-0.3, -0.25) is 4.90 Å². The topological polar surface area (TPSA) is 24.5 Å². The molecule has 3 heteroatoms. The molecule has 0 aromatic carbocycles.